The van der Waals surface area contributed by atoms with Crippen molar-refractivity contribution >= 4 is 33.8 Å². The van der Waals surface area contributed by atoms with Crippen LogP contribution in [0.1, 0.15) is 15.9 Å². The summed E-state index contributed by atoms with van der Waals surface area (Å²) in [6.45, 7) is 0.544. The van der Waals surface area contributed by atoms with Crippen LogP contribution in [0.25, 0.3) is 21.6 Å². The van der Waals surface area contributed by atoms with Gasteiger partial charge in [0.05, 0.1) is 16.1 Å². The molecule has 4 rings (SSSR count). The molecule has 7 heteroatoms. The number of thiazole rings is 1. The number of carbonyl (C=O) groups is 1. The van der Waals surface area contributed by atoms with E-state index in [0.29, 0.717) is 17.8 Å². The van der Waals surface area contributed by atoms with Crippen LogP contribution in [-0.4, -0.2) is 21.2 Å². The summed E-state index contributed by atoms with van der Waals surface area (Å²) in [6, 6.07) is 9.97. The lowest BCUT2D eigenvalue weighted by atomic mass is 10.2. The topological polar surface area (TPSA) is 70.7 Å². The minimum absolute atomic E-state index is 0.255. The quantitative estimate of drug-likeness (QED) is 0.527. The number of aromatic nitrogens is 3. The van der Waals surface area contributed by atoms with E-state index in [0.717, 1.165) is 32.9 Å². The SMILES string of the molecule is O=Cc1c(-c2cnc(NCc3ccc(F)cc3)s2)[nH]c2ncccc12. The van der Waals surface area contributed by atoms with E-state index in [1.54, 1.807) is 30.6 Å². The molecule has 0 saturated heterocycles. The molecule has 2 N–H and O–H groups in total. The molecule has 0 bridgehead atoms. The first-order valence-corrected chi connectivity index (χ1v) is 8.42. The Hall–Kier alpha value is -3.06. The largest absolute Gasteiger partial charge is 0.357 e. The molecule has 0 radical (unpaired) electrons. The summed E-state index contributed by atoms with van der Waals surface area (Å²) in [5, 5.41) is 4.73. The van der Waals surface area contributed by atoms with Gasteiger partial charge in [0.25, 0.3) is 0 Å². The maximum Gasteiger partial charge on any atom is 0.183 e. The number of aromatic amines is 1. The Balaban J connectivity index is 1.59. The van der Waals surface area contributed by atoms with Crippen molar-refractivity contribution < 1.29 is 9.18 Å². The van der Waals surface area contributed by atoms with Crippen molar-refractivity contribution in [1.29, 1.82) is 0 Å². The Morgan fingerprint density at radius 1 is 1.20 bits per heavy atom. The van der Waals surface area contributed by atoms with Crippen LogP contribution < -0.4 is 5.32 Å². The van der Waals surface area contributed by atoms with E-state index >= 15 is 0 Å². The zero-order valence-corrected chi connectivity index (χ0v) is 13.8. The minimum atomic E-state index is -0.255. The van der Waals surface area contributed by atoms with Gasteiger partial charge in [-0.1, -0.05) is 23.5 Å². The highest BCUT2D eigenvalue weighted by Crippen LogP contribution is 2.33. The zero-order chi connectivity index (χ0) is 17.2. The van der Waals surface area contributed by atoms with E-state index in [9.17, 15) is 9.18 Å². The van der Waals surface area contributed by atoms with Crippen LogP contribution in [-0.2, 0) is 6.54 Å². The number of H-pyrrole nitrogens is 1. The van der Waals surface area contributed by atoms with Crippen LogP contribution in [0.2, 0.25) is 0 Å². The van der Waals surface area contributed by atoms with E-state index in [-0.39, 0.29) is 5.82 Å². The number of hydrogen-bond donors (Lipinski definition) is 2. The van der Waals surface area contributed by atoms with Gasteiger partial charge in [0.2, 0.25) is 0 Å². The van der Waals surface area contributed by atoms with Gasteiger partial charge in [0.1, 0.15) is 11.5 Å². The number of pyridine rings is 1. The third-order valence-electron chi connectivity index (χ3n) is 3.84. The number of nitrogens with zero attached hydrogens (tertiary/aromatic N) is 2. The Labute approximate surface area is 146 Å². The molecule has 0 aliphatic heterocycles. The van der Waals surface area contributed by atoms with Crippen LogP contribution in [0.4, 0.5) is 9.52 Å². The molecule has 0 spiro atoms. The first-order valence-electron chi connectivity index (χ1n) is 7.61. The smallest absolute Gasteiger partial charge is 0.183 e. The molecule has 0 saturated carbocycles. The summed E-state index contributed by atoms with van der Waals surface area (Å²) in [5.74, 6) is -0.255. The number of rotatable bonds is 5. The van der Waals surface area contributed by atoms with Crippen molar-refractivity contribution in [1.82, 2.24) is 15.0 Å². The highest BCUT2D eigenvalue weighted by molar-refractivity contribution is 7.18. The highest BCUT2D eigenvalue weighted by Gasteiger charge is 2.15. The van der Waals surface area contributed by atoms with Crippen molar-refractivity contribution in [2.75, 3.05) is 5.32 Å². The van der Waals surface area contributed by atoms with Gasteiger partial charge in [-0.3, -0.25) is 4.79 Å². The number of anilines is 1. The summed E-state index contributed by atoms with van der Waals surface area (Å²) in [6.07, 6.45) is 4.23. The number of halogens is 1. The van der Waals surface area contributed by atoms with Crippen molar-refractivity contribution in [2.45, 2.75) is 6.54 Å². The van der Waals surface area contributed by atoms with Gasteiger partial charge in [0, 0.05) is 24.3 Å². The average Bonchev–Trinajstić information content (AvgIpc) is 3.25. The number of fused-ring (bicyclic) bond motifs is 1. The molecule has 0 fully saturated rings. The van der Waals surface area contributed by atoms with Gasteiger partial charge in [-0.2, -0.15) is 0 Å². The Kier molecular flexibility index (Phi) is 3.99. The summed E-state index contributed by atoms with van der Waals surface area (Å²) in [7, 11) is 0. The number of carbonyl (C=O) groups excluding carboxylic acids is 1. The van der Waals surface area contributed by atoms with Crippen LogP contribution in [0.5, 0.6) is 0 Å². The number of nitrogens with one attached hydrogen (secondary N) is 2. The van der Waals surface area contributed by atoms with Crippen molar-refractivity contribution in [3.63, 3.8) is 0 Å². The molecule has 4 aromatic rings. The fourth-order valence-corrected chi connectivity index (χ4v) is 3.44. The van der Waals surface area contributed by atoms with Crippen LogP contribution in [0.15, 0.2) is 48.8 Å². The number of benzene rings is 1. The lowest BCUT2D eigenvalue weighted by molar-refractivity contribution is 0.112. The Bertz CT molecular complexity index is 1040. The summed E-state index contributed by atoms with van der Waals surface area (Å²) < 4.78 is 12.9. The van der Waals surface area contributed by atoms with Gasteiger partial charge in [-0.25, -0.2) is 14.4 Å². The zero-order valence-electron chi connectivity index (χ0n) is 13.0. The molecule has 0 unspecified atom stereocenters. The molecular weight excluding hydrogens is 339 g/mol. The summed E-state index contributed by atoms with van der Waals surface area (Å²) in [4.78, 5) is 24.1. The van der Waals surface area contributed by atoms with Gasteiger partial charge in [-0.15, -0.1) is 0 Å². The Morgan fingerprint density at radius 2 is 2.04 bits per heavy atom. The first kappa shape index (κ1) is 15.5. The van der Waals surface area contributed by atoms with E-state index in [4.69, 9.17) is 0 Å². The maximum absolute atomic E-state index is 12.9. The lowest BCUT2D eigenvalue weighted by Crippen LogP contribution is -1.98. The minimum Gasteiger partial charge on any atom is -0.357 e. The second kappa shape index (κ2) is 6.45. The van der Waals surface area contributed by atoms with E-state index in [2.05, 4.69) is 20.3 Å². The maximum atomic E-state index is 12.9. The lowest BCUT2D eigenvalue weighted by Gasteiger charge is -2.02. The molecule has 0 atom stereocenters. The van der Waals surface area contributed by atoms with Gasteiger partial charge >= 0.3 is 0 Å². The number of aldehydes is 1. The molecule has 5 nitrogen and oxygen atoms in total. The second-order valence-electron chi connectivity index (χ2n) is 5.44. The standard InChI is InChI=1S/C18H13FN4OS/c19-12-5-3-11(4-6-12)8-21-18-22-9-15(25-18)16-14(10-24)13-2-1-7-20-17(13)23-16/h1-7,9-10H,8H2,(H,20,23)(H,21,22). The van der Waals surface area contributed by atoms with Crippen molar-refractivity contribution in [2.24, 2.45) is 0 Å². The second-order valence-corrected chi connectivity index (χ2v) is 6.47. The molecule has 1 aromatic carbocycles. The normalized spacial score (nSPS) is 10.9. The predicted octanol–water partition coefficient (Wildman–Crippen LogP) is 4.25. The molecule has 0 aliphatic carbocycles. The van der Waals surface area contributed by atoms with Gasteiger partial charge < -0.3 is 10.3 Å². The van der Waals surface area contributed by atoms with Crippen LogP contribution in [0.3, 0.4) is 0 Å². The monoisotopic (exact) mass is 352 g/mol. The molecule has 3 heterocycles. The van der Waals surface area contributed by atoms with E-state index in [1.807, 2.05) is 6.07 Å². The molecule has 3 aromatic heterocycles. The molecule has 124 valence electrons. The van der Waals surface area contributed by atoms with Crippen LogP contribution in [0, 0.1) is 5.82 Å². The first-order chi connectivity index (χ1) is 12.2. The number of hydrogen-bond acceptors (Lipinski definition) is 5. The summed E-state index contributed by atoms with van der Waals surface area (Å²) >= 11 is 1.44. The van der Waals surface area contributed by atoms with E-state index in [1.165, 1.54) is 23.5 Å². The van der Waals surface area contributed by atoms with Crippen LogP contribution >= 0.6 is 11.3 Å². The van der Waals surface area contributed by atoms with Crippen molar-refractivity contribution in [3.8, 4) is 10.6 Å². The highest BCUT2D eigenvalue weighted by atomic mass is 32.1. The molecule has 0 aliphatic rings. The Morgan fingerprint density at radius 3 is 2.84 bits per heavy atom. The van der Waals surface area contributed by atoms with Gasteiger partial charge in [0.15, 0.2) is 11.4 Å². The fourth-order valence-electron chi connectivity index (χ4n) is 2.61. The third kappa shape index (κ3) is 3.01. The molecular formula is C18H13FN4OS. The molecule has 25 heavy (non-hydrogen) atoms. The van der Waals surface area contributed by atoms with E-state index < -0.39 is 0 Å². The van der Waals surface area contributed by atoms with Crippen molar-refractivity contribution in [3.05, 3.63) is 65.7 Å². The molecule has 0 amide bonds. The average molecular weight is 352 g/mol. The predicted molar refractivity (Wildman–Crippen MR) is 96.3 cm³/mol. The third-order valence-corrected chi connectivity index (χ3v) is 4.81. The summed E-state index contributed by atoms with van der Waals surface area (Å²) in [5.41, 5.74) is 2.93. The fraction of sp³-hybridized carbons (Fsp3) is 0.0556. The van der Waals surface area contributed by atoms with Gasteiger partial charge in [-0.05, 0) is 29.8 Å².